The van der Waals surface area contributed by atoms with Crippen molar-refractivity contribution in [3.8, 4) is 11.6 Å². The third kappa shape index (κ3) is 2.00. The van der Waals surface area contributed by atoms with E-state index in [2.05, 4.69) is 25.6 Å². The molecular weight excluding hydrogens is 200 g/mol. The van der Waals surface area contributed by atoms with Gasteiger partial charge in [-0.3, -0.25) is 0 Å². The summed E-state index contributed by atoms with van der Waals surface area (Å²) in [5.74, 6) is 0.667. The maximum absolute atomic E-state index is 5.72. The van der Waals surface area contributed by atoms with Gasteiger partial charge in [-0.25, -0.2) is 0 Å². The molecule has 2 rings (SSSR count). The van der Waals surface area contributed by atoms with Crippen molar-refractivity contribution in [2.45, 2.75) is 6.04 Å². The summed E-state index contributed by atoms with van der Waals surface area (Å²) in [6.45, 7) is 0.331. The van der Waals surface area contributed by atoms with Crippen molar-refractivity contribution >= 4 is 0 Å². The molecule has 2 aromatic heterocycles. The molecule has 1 atom stereocenters. The lowest BCUT2D eigenvalue weighted by Crippen LogP contribution is -2.17. The highest BCUT2D eigenvalue weighted by atomic mass is 16.5. The summed E-state index contributed by atoms with van der Waals surface area (Å²) >= 11 is 0. The second-order valence-electron chi connectivity index (χ2n) is 2.87. The molecule has 0 aromatic carbocycles. The first-order valence-electron chi connectivity index (χ1n) is 4.25. The van der Waals surface area contributed by atoms with Crippen LogP contribution in [0, 0.1) is 0 Å². The van der Waals surface area contributed by atoms with E-state index in [4.69, 9.17) is 15.0 Å². The third-order valence-electron chi connectivity index (χ3n) is 1.75. The molecule has 8 heteroatoms. The lowest BCUT2D eigenvalue weighted by atomic mass is 10.3. The number of nitrogens with two attached hydrogens (primary N) is 1. The van der Waals surface area contributed by atoms with E-state index >= 15 is 0 Å². The van der Waals surface area contributed by atoms with Crippen molar-refractivity contribution in [2.75, 3.05) is 13.7 Å². The highest BCUT2D eigenvalue weighted by molar-refractivity contribution is 5.42. The Morgan fingerprint density at radius 3 is 3.20 bits per heavy atom. The Balaban J connectivity index is 2.17. The average Bonchev–Trinajstić information content (AvgIpc) is 2.89. The number of ether oxygens (including phenoxy) is 1. The van der Waals surface area contributed by atoms with Crippen LogP contribution >= 0.6 is 0 Å². The summed E-state index contributed by atoms with van der Waals surface area (Å²) in [4.78, 5) is 4.07. The van der Waals surface area contributed by atoms with E-state index in [1.807, 2.05) is 0 Å². The fourth-order valence-electron chi connectivity index (χ4n) is 1.05. The lowest BCUT2D eigenvalue weighted by Gasteiger charge is -2.02. The van der Waals surface area contributed by atoms with Crippen LogP contribution < -0.4 is 5.73 Å². The number of H-pyrrole nitrogens is 1. The molecule has 0 spiro atoms. The van der Waals surface area contributed by atoms with Crippen LogP contribution in [-0.2, 0) is 4.74 Å². The highest BCUT2D eigenvalue weighted by Crippen LogP contribution is 2.14. The van der Waals surface area contributed by atoms with Gasteiger partial charge in [0.25, 0.3) is 5.89 Å². The quantitative estimate of drug-likeness (QED) is 0.698. The number of nitrogens with one attached hydrogen (secondary N) is 1. The van der Waals surface area contributed by atoms with Gasteiger partial charge in [0.05, 0.1) is 18.8 Å². The molecule has 1 unspecified atom stereocenters. The summed E-state index contributed by atoms with van der Waals surface area (Å²) in [6, 6.07) is -0.403. The summed E-state index contributed by atoms with van der Waals surface area (Å²) < 4.78 is 9.83. The molecule has 8 nitrogen and oxygen atoms in total. The molecule has 0 saturated heterocycles. The van der Waals surface area contributed by atoms with Gasteiger partial charge in [-0.15, -0.1) is 0 Å². The summed E-state index contributed by atoms with van der Waals surface area (Å²) in [6.07, 6.45) is 1.49. The number of rotatable bonds is 4. The maximum Gasteiger partial charge on any atom is 0.280 e. The fourth-order valence-corrected chi connectivity index (χ4v) is 1.05. The van der Waals surface area contributed by atoms with E-state index in [0.29, 0.717) is 18.1 Å². The van der Waals surface area contributed by atoms with Gasteiger partial charge in [-0.1, -0.05) is 5.16 Å². The topological polar surface area (TPSA) is 116 Å². The van der Waals surface area contributed by atoms with Crippen LogP contribution in [0.3, 0.4) is 0 Å². The highest BCUT2D eigenvalue weighted by Gasteiger charge is 2.16. The third-order valence-corrected chi connectivity index (χ3v) is 1.75. The van der Waals surface area contributed by atoms with Gasteiger partial charge in [-0.2, -0.15) is 20.4 Å². The van der Waals surface area contributed by atoms with Gasteiger partial charge in [0.1, 0.15) is 0 Å². The number of nitrogens with zero attached hydrogens (tertiary/aromatic N) is 4. The minimum atomic E-state index is -0.403. The molecule has 0 aliphatic rings. The Hall–Kier alpha value is -1.80. The van der Waals surface area contributed by atoms with Gasteiger partial charge in [-0.05, 0) is 0 Å². The minimum absolute atomic E-state index is 0.283. The Morgan fingerprint density at radius 1 is 1.67 bits per heavy atom. The molecule has 0 saturated carbocycles. The SMILES string of the molecule is COCC(N)c1noc(-c2cn[nH]n2)n1. The van der Waals surface area contributed by atoms with Crippen molar-refractivity contribution in [3.05, 3.63) is 12.0 Å². The number of hydrogen-bond donors (Lipinski definition) is 2. The first-order valence-corrected chi connectivity index (χ1v) is 4.25. The molecular formula is C7H10N6O2. The Labute approximate surface area is 84.8 Å². The summed E-state index contributed by atoms with van der Waals surface area (Å²) in [7, 11) is 1.55. The first-order chi connectivity index (χ1) is 7.31. The van der Waals surface area contributed by atoms with Gasteiger partial charge in [0, 0.05) is 7.11 Å². The van der Waals surface area contributed by atoms with E-state index in [-0.39, 0.29) is 5.89 Å². The predicted octanol–water partition coefficient (Wildman–Crippen LogP) is -0.499. The molecule has 2 aromatic rings. The molecule has 2 heterocycles. The van der Waals surface area contributed by atoms with Crippen molar-refractivity contribution in [1.29, 1.82) is 0 Å². The maximum atomic E-state index is 5.72. The van der Waals surface area contributed by atoms with E-state index in [1.54, 1.807) is 7.11 Å². The lowest BCUT2D eigenvalue weighted by molar-refractivity contribution is 0.177. The molecule has 0 radical (unpaired) electrons. The van der Waals surface area contributed by atoms with Crippen LogP contribution in [0.4, 0.5) is 0 Å². The van der Waals surface area contributed by atoms with Crippen LogP contribution in [-0.4, -0.2) is 39.3 Å². The summed E-state index contributed by atoms with van der Waals surface area (Å²) in [5, 5.41) is 13.6. The molecule has 0 aliphatic carbocycles. The molecule has 0 aliphatic heterocycles. The predicted molar refractivity (Wildman–Crippen MR) is 48.5 cm³/mol. The van der Waals surface area contributed by atoms with Crippen molar-refractivity contribution in [3.63, 3.8) is 0 Å². The smallest absolute Gasteiger partial charge is 0.280 e. The molecule has 0 fully saturated rings. The van der Waals surface area contributed by atoms with Crippen molar-refractivity contribution < 1.29 is 9.26 Å². The standard InChI is InChI=1S/C7H10N6O2/c1-14-3-4(8)6-10-7(15-12-6)5-2-9-13-11-5/h2,4H,3,8H2,1H3,(H,9,11,13). The summed E-state index contributed by atoms with van der Waals surface area (Å²) in [5.41, 5.74) is 6.20. The zero-order chi connectivity index (χ0) is 10.7. The van der Waals surface area contributed by atoms with Crippen LogP contribution in [0.15, 0.2) is 10.7 Å². The molecule has 15 heavy (non-hydrogen) atoms. The zero-order valence-electron chi connectivity index (χ0n) is 8.04. The van der Waals surface area contributed by atoms with Crippen molar-refractivity contribution in [2.24, 2.45) is 5.73 Å². The number of aromatic nitrogens is 5. The van der Waals surface area contributed by atoms with Gasteiger partial charge >= 0.3 is 0 Å². The van der Waals surface area contributed by atoms with Gasteiger partial charge < -0.3 is 15.0 Å². The van der Waals surface area contributed by atoms with Crippen LogP contribution in [0.5, 0.6) is 0 Å². The van der Waals surface area contributed by atoms with E-state index < -0.39 is 6.04 Å². The molecule has 0 bridgehead atoms. The van der Waals surface area contributed by atoms with Gasteiger partial charge in [0.15, 0.2) is 11.5 Å². The van der Waals surface area contributed by atoms with Crippen LogP contribution in [0.25, 0.3) is 11.6 Å². The van der Waals surface area contributed by atoms with E-state index in [9.17, 15) is 0 Å². The zero-order valence-corrected chi connectivity index (χ0v) is 8.04. The minimum Gasteiger partial charge on any atom is -0.383 e. The normalized spacial score (nSPS) is 12.9. The monoisotopic (exact) mass is 210 g/mol. The van der Waals surface area contributed by atoms with Gasteiger partial charge in [0.2, 0.25) is 0 Å². The number of hydrogen-bond acceptors (Lipinski definition) is 7. The first kappa shape index (κ1) is 9.74. The number of methoxy groups -OCH3 is 1. The Bertz CT molecular complexity index is 411. The second-order valence-corrected chi connectivity index (χ2v) is 2.87. The van der Waals surface area contributed by atoms with E-state index in [1.165, 1.54) is 6.20 Å². The Morgan fingerprint density at radius 2 is 2.53 bits per heavy atom. The number of aromatic amines is 1. The largest absolute Gasteiger partial charge is 0.383 e. The second kappa shape index (κ2) is 4.15. The van der Waals surface area contributed by atoms with Crippen LogP contribution in [0.1, 0.15) is 11.9 Å². The molecule has 0 amide bonds. The van der Waals surface area contributed by atoms with E-state index in [0.717, 1.165) is 0 Å². The van der Waals surface area contributed by atoms with Crippen molar-refractivity contribution in [1.82, 2.24) is 25.6 Å². The average molecular weight is 210 g/mol. The molecule has 80 valence electrons. The Kier molecular flexibility index (Phi) is 2.70. The van der Waals surface area contributed by atoms with Crippen LogP contribution in [0.2, 0.25) is 0 Å². The fraction of sp³-hybridized carbons (Fsp3) is 0.429. The molecule has 3 N–H and O–H groups in total.